The highest BCUT2D eigenvalue weighted by molar-refractivity contribution is 5.97. The highest BCUT2D eigenvalue weighted by atomic mass is 16.5. The highest BCUT2D eigenvalue weighted by Gasteiger charge is 1.98. The molecular weight excluding hydrogens is 248 g/mol. The molecule has 0 heterocycles. The summed E-state index contributed by atoms with van der Waals surface area (Å²) in [6.45, 7) is 3.95. The third-order valence-corrected chi connectivity index (χ3v) is 3.07. The number of benzene rings is 2. The summed E-state index contributed by atoms with van der Waals surface area (Å²) < 4.78 is 5.71. The summed E-state index contributed by atoms with van der Waals surface area (Å²) in [7, 11) is 0. The van der Waals surface area contributed by atoms with Crippen molar-refractivity contribution in [3.63, 3.8) is 0 Å². The van der Waals surface area contributed by atoms with Crippen molar-refractivity contribution in [2.24, 2.45) is 0 Å². The zero-order valence-corrected chi connectivity index (χ0v) is 11.8. The Balaban J connectivity index is 1.98. The molecule has 102 valence electrons. The van der Waals surface area contributed by atoms with Crippen molar-refractivity contribution in [3.05, 3.63) is 71.3 Å². The van der Waals surface area contributed by atoms with Gasteiger partial charge in [0.2, 0.25) is 0 Å². The van der Waals surface area contributed by atoms with E-state index in [0.29, 0.717) is 6.61 Å². The summed E-state index contributed by atoms with van der Waals surface area (Å²) in [4.78, 5) is 11.2. The molecule has 2 aromatic carbocycles. The van der Waals surface area contributed by atoms with Crippen LogP contribution in [0, 0.1) is 0 Å². The summed E-state index contributed by atoms with van der Waals surface area (Å²) in [5.74, 6) is 0.917. The molecule has 2 heteroatoms. The molecule has 0 atom stereocenters. The fourth-order valence-corrected chi connectivity index (χ4v) is 1.75. The molecule has 0 N–H and O–H groups in total. The Morgan fingerprint density at radius 2 is 1.65 bits per heavy atom. The van der Waals surface area contributed by atoms with Gasteiger partial charge in [-0.2, -0.15) is 0 Å². The van der Waals surface area contributed by atoms with Crippen LogP contribution in [-0.2, 0) is 11.4 Å². The van der Waals surface area contributed by atoms with Crippen LogP contribution in [0.25, 0.3) is 6.08 Å². The van der Waals surface area contributed by atoms with Crippen molar-refractivity contribution in [2.45, 2.75) is 20.5 Å². The predicted octanol–water partition coefficient (Wildman–Crippen LogP) is 4.26. The third-order valence-electron chi connectivity index (χ3n) is 3.07. The van der Waals surface area contributed by atoms with Crippen LogP contribution in [0.15, 0.2) is 60.2 Å². The minimum atomic E-state index is 0.0920. The van der Waals surface area contributed by atoms with E-state index in [1.807, 2.05) is 67.6 Å². The Labute approximate surface area is 119 Å². The van der Waals surface area contributed by atoms with Gasteiger partial charge in [0, 0.05) is 0 Å². The van der Waals surface area contributed by atoms with E-state index in [2.05, 4.69) is 0 Å². The summed E-state index contributed by atoms with van der Waals surface area (Å²) >= 11 is 0. The molecule has 0 spiro atoms. The summed E-state index contributed by atoms with van der Waals surface area (Å²) in [5.41, 5.74) is 2.90. The molecule has 2 aromatic rings. The SMILES string of the molecule is CC(=O)/C(C)=C/c1ccc(OCc2ccccc2)cc1. The average molecular weight is 266 g/mol. The van der Waals surface area contributed by atoms with Gasteiger partial charge < -0.3 is 4.74 Å². The summed E-state index contributed by atoms with van der Waals surface area (Å²) in [5, 5.41) is 0. The number of allylic oxidation sites excluding steroid dienone is 1. The fourth-order valence-electron chi connectivity index (χ4n) is 1.75. The van der Waals surface area contributed by atoms with Crippen LogP contribution in [0.3, 0.4) is 0 Å². The van der Waals surface area contributed by atoms with Gasteiger partial charge in [-0.15, -0.1) is 0 Å². The maximum absolute atomic E-state index is 11.2. The predicted molar refractivity (Wildman–Crippen MR) is 81.5 cm³/mol. The minimum absolute atomic E-state index is 0.0920. The number of hydrogen-bond donors (Lipinski definition) is 0. The van der Waals surface area contributed by atoms with Crippen molar-refractivity contribution in [2.75, 3.05) is 0 Å². The zero-order chi connectivity index (χ0) is 14.4. The Morgan fingerprint density at radius 3 is 2.25 bits per heavy atom. The standard InChI is InChI=1S/C18H18O2/c1-14(15(2)19)12-16-8-10-18(11-9-16)20-13-17-6-4-3-5-7-17/h3-12H,13H2,1-2H3/b14-12+. The first-order valence-electron chi connectivity index (χ1n) is 6.61. The van der Waals surface area contributed by atoms with Gasteiger partial charge in [-0.05, 0) is 48.8 Å². The molecule has 0 aliphatic rings. The van der Waals surface area contributed by atoms with E-state index in [4.69, 9.17) is 4.74 Å². The van der Waals surface area contributed by atoms with Crippen LogP contribution in [0.1, 0.15) is 25.0 Å². The molecule has 0 radical (unpaired) electrons. The number of rotatable bonds is 5. The average Bonchev–Trinajstić information content (AvgIpc) is 2.47. The lowest BCUT2D eigenvalue weighted by Gasteiger charge is -2.06. The fraction of sp³-hybridized carbons (Fsp3) is 0.167. The van der Waals surface area contributed by atoms with Crippen LogP contribution in [0.2, 0.25) is 0 Å². The van der Waals surface area contributed by atoms with Crippen molar-refractivity contribution in [3.8, 4) is 5.75 Å². The van der Waals surface area contributed by atoms with E-state index in [1.165, 1.54) is 0 Å². The number of carbonyl (C=O) groups is 1. The zero-order valence-electron chi connectivity index (χ0n) is 11.8. The van der Waals surface area contributed by atoms with Crippen LogP contribution >= 0.6 is 0 Å². The number of Topliss-reactive ketones (excluding diaryl/α,β-unsaturated/α-hetero) is 1. The molecule has 0 aliphatic carbocycles. The van der Waals surface area contributed by atoms with Crippen LogP contribution < -0.4 is 4.74 Å². The van der Waals surface area contributed by atoms with Gasteiger partial charge in [-0.25, -0.2) is 0 Å². The highest BCUT2D eigenvalue weighted by Crippen LogP contribution is 2.16. The van der Waals surface area contributed by atoms with Gasteiger partial charge in [0.25, 0.3) is 0 Å². The molecule has 0 saturated carbocycles. The van der Waals surface area contributed by atoms with Gasteiger partial charge in [-0.3, -0.25) is 4.79 Å². The number of hydrogen-bond acceptors (Lipinski definition) is 2. The molecule has 2 nitrogen and oxygen atoms in total. The quantitative estimate of drug-likeness (QED) is 0.756. The van der Waals surface area contributed by atoms with Crippen molar-refractivity contribution < 1.29 is 9.53 Å². The number of ketones is 1. The van der Waals surface area contributed by atoms with Gasteiger partial charge in [0.05, 0.1) is 0 Å². The molecule has 20 heavy (non-hydrogen) atoms. The topological polar surface area (TPSA) is 26.3 Å². The molecule has 0 fully saturated rings. The second-order valence-electron chi connectivity index (χ2n) is 4.73. The first kappa shape index (κ1) is 14.1. The van der Waals surface area contributed by atoms with Gasteiger partial charge in [-0.1, -0.05) is 42.5 Å². The normalized spacial score (nSPS) is 11.2. The second kappa shape index (κ2) is 6.71. The van der Waals surface area contributed by atoms with E-state index in [1.54, 1.807) is 6.92 Å². The minimum Gasteiger partial charge on any atom is -0.489 e. The van der Waals surface area contributed by atoms with Gasteiger partial charge in [0.1, 0.15) is 12.4 Å². The molecule has 0 amide bonds. The monoisotopic (exact) mass is 266 g/mol. The molecule has 2 rings (SSSR count). The van der Waals surface area contributed by atoms with Crippen LogP contribution in [0.4, 0.5) is 0 Å². The van der Waals surface area contributed by atoms with E-state index in [0.717, 1.165) is 22.4 Å². The molecule has 0 aromatic heterocycles. The van der Waals surface area contributed by atoms with Crippen LogP contribution in [-0.4, -0.2) is 5.78 Å². The lowest BCUT2D eigenvalue weighted by Crippen LogP contribution is -1.95. The van der Waals surface area contributed by atoms with Gasteiger partial charge >= 0.3 is 0 Å². The van der Waals surface area contributed by atoms with E-state index < -0.39 is 0 Å². The molecule has 0 bridgehead atoms. The Morgan fingerprint density at radius 1 is 1.00 bits per heavy atom. The smallest absolute Gasteiger partial charge is 0.155 e. The lowest BCUT2D eigenvalue weighted by molar-refractivity contribution is -0.113. The largest absolute Gasteiger partial charge is 0.489 e. The third kappa shape index (κ3) is 4.09. The lowest BCUT2D eigenvalue weighted by atomic mass is 10.1. The van der Waals surface area contributed by atoms with Gasteiger partial charge in [0.15, 0.2) is 5.78 Å². The Kier molecular flexibility index (Phi) is 4.72. The molecular formula is C18H18O2. The molecule has 0 unspecified atom stereocenters. The van der Waals surface area contributed by atoms with Crippen molar-refractivity contribution >= 4 is 11.9 Å². The van der Waals surface area contributed by atoms with Crippen molar-refractivity contribution in [1.29, 1.82) is 0 Å². The molecule has 0 saturated heterocycles. The maximum atomic E-state index is 11.2. The van der Waals surface area contributed by atoms with E-state index in [9.17, 15) is 4.79 Å². The first-order valence-corrected chi connectivity index (χ1v) is 6.61. The number of ether oxygens (including phenoxy) is 1. The maximum Gasteiger partial charge on any atom is 0.155 e. The first-order chi connectivity index (χ1) is 9.65. The van der Waals surface area contributed by atoms with E-state index >= 15 is 0 Å². The molecule has 0 aliphatic heterocycles. The summed E-state index contributed by atoms with van der Waals surface area (Å²) in [6, 6.07) is 17.8. The van der Waals surface area contributed by atoms with Crippen LogP contribution in [0.5, 0.6) is 5.75 Å². The Hall–Kier alpha value is -2.35. The van der Waals surface area contributed by atoms with E-state index in [-0.39, 0.29) is 5.78 Å². The Bertz CT molecular complexity index is 595. The summed E-state index contributed by atoms with van der Waals surface area (Å²) in [6.07, 6.45) is 1.88. The van der Waals surface area contributed by atoms with Crippen molar-refractivity contribution in [1.82, 2.24) is 0 Å². The number of carbonyl (C=O) groups excluding carboxylic acids is 1. The second-order valence-corrected chi connectivity index (χ2v) is 4.73.